The van der Waals surface area contributed by atoms with Gasteiger partial charge in [0.05, 0.1) is 37.0 Å². The van der Waals surface area contributed by atoms with E-state index in [4.69, 9.17) is 4.74 Å². The number of rotatable bonds is 7. The van der Waals surface area contributed by atoms with Crippen molar-refractivity contribution >= 4 is 15.9 Å². The fourth-order valence-corrected chi connectivity index (χ4v) is 4.78. The smallest absolute Gasteiger partial charge is 0.222 e. The number of sulfonamides is 1. The molecule has 1 aliphatic carbocycles. The van der Waals surface area contributed by atoms with Gasteiger partial charge in [0.15, 0.2) is 0 Å². The highest BCUT2D eigenvalue weighted by atomic mass is 32.2. The van der Waals surface area contributed by atoms with Crippen molar-refractivity contribution < 1.29 is 23.1 Å². The molecule has 27 heavy (non-hydrogen) atoms. The van der Waals surface area contributed by atoms with E-state index in [9.17, 15) is 18.3 Å². The van der Waals surface area contributed by atoms with Crippen LogP contribution in [-0.2, 0) is 32.4 Å². The Morgan fingerprint density at radius 3 is 2.48 bits per heavy atom. The largest absolute Gasteiger partial charge is 0.394 e. The van der Waals surface area contributed by atoms with Gasteiger partial charge in [-0.15, -0.1) is 0 Å². The highest BCUT2D eigenvalue weighted by molar-refractivity contribution is 7.89. The van der Waals surface area contributed by atoms with Gasteiger partial charge in [-0.05, 0) is 43.7 Å². The van der Waals surface area contributed by atoms with Crippen molar-refractivity contribution in [1.29, 1.82) is 0 Å². The van der Waals surface area contributed by atoms with Crippen molar-refractivity contribution in [2.75, 3.05) is 12.4 Å². The standard InChI is InChI=1S/C19H28N2O5S/c1-2-27(24,25)21-17-8-7-16(26-18(17)12-22)11-19(23)20-15-9-13-5-3-4-6-14(13)10-15/h3-6,15-18,21-22H,2,7-12H2,1H3,(H,20,23)/t16-,17-,18+/m1/s1. The van der Waals surface area contributed by atoms with Gasteiger partial charge in [0.2, 0.25) is 15.9 Å². The fourth-order valence-electron chi connectivity index (χ4n) is 3.88. The molecule has 1 fully saturated rings. The van der Waals surface area contributed by atoms with E-state index in [1.807, 2.05) is 12.1 Å². The third-order valence-electron chi connectivity index (χ3n) is 5.34. The molecule has 0 saturated carbocycles. The van der Waals surface area contributed by atoms with E-state index in [0.717, 1.165) is 12.8 Å². The van der Waals surface area contributed by atoms with Crippen molar-refractivity contribution in [3.63, 3.8) is 0 Å². The Labute approximate surface area is 160 Å². The first-order chi connectivity index (χ1) is 12.9. The Kier molecular flexibility index (Phi) is 6.52. The molecular weight excluding hydrogens is 368 g/mol. The highest BCUT2D eigenvalue weighted by Crippen LogP contribution is 2.24. The number of nitrogens with one attached hydrogen (secondary N) is 2. The van der Waals surface area contributed by atoms with Crippen molar-refractivity contribution in [3.05, 3.63) is 35.4 Å². The Hall–Kier alpha value is -1.48. The maximum atomic E-state index is 12.4. The van der Waals surface area contributed by atoms with E-state index in [-0.39, 0.29) is 36.8 Å². The summed E-state index contributed by atoms with van der Waals surface area (Å²) in [4.78, 5) is 12.4. The van der Waals surface area contributed by atoms with Crippen LogP contribution >= 0.6 is 0 Å². The zero-order valence-corrected chi connectivity index (χ0v) is 16.4. The molecule has 0 radical (unpaired) electrons. The summed E-state index contributed by atoms with van der Waals surface area (Å²) < 4.78 is 31.9. The third kappa shape index (κ3) is 5.28. The summed E-state index contributed by atoms with van der Waals surface area (Å²) in [6.07, 6.45) is 2.07. The van der Waals surface area contributed by atoms with Gasteiger partial charge in [-0.1, -0.05) is 24.3 Å². The molecule has 0 aromatic heterocycles. The van der Waals surface area contributed by atoms with Gasteiger partial charge in [0, 0.05) is 6.04 Å². The molecule has 1 aliphatic heterocycles. The molecular formula is C19H28N2O5S. The van der Waals surface area contributed by atoms with Crippen LogP contribution in [0.25, 0.3) is 0 Å². The van der Waals surface area contributed by atoms with E-state index in [2.05, 4.69) is 22.2 Å². The topological polar surface area (TPSA) is 105 Å². The minimum atomic E-state index is -3.36. The molecule has 8 heteroatoms. The molecule has 1 aromatic carbocycles. The number of hydrogen-bond donors (Lipinski definition) is 3. The molecule has 1 aromatic rings. The van der Waals surface area contributed by atoms with E-state index < -0.39 is 22.2 Å². The second-order valence-electron chi connectivity index (χ2n) is 7.33. The van der Waals surface area contributed by atoms with Crippen LogP contribution in [0.2, 0.25) is 0 Å². The number of carbonyl (C=O) groups is 1. The normalized spacial score (nSPS) is 25.9. The lowest BCUT2D eigenvalue weighted by Gasteiger charge is -2.35. The predicted octanol–water partition coefficient (Wildman–Crippen LogP) is 0.508. The number of fused-ring (bicyclic) bond motifs is 1. The Bertz CT molecular complexity index is 742. The van der Waals surface area contributed by atoms with Crippen molar-refractivity contribution in [1.82, 2.24) is 10.0 Å². The molecule has 7 nitrogen and oxygen atoms in total. The van der Waals surface area contributed by atoms with Crippen LogP contribution < -0.4 is 10.0 Å². The summed E-state index contributed by atoms with van der Waals surface area (Å²) in [7, 11) is -3.36. The second kappa shape index (κ2) is 8.68. The average molecular weight is 397 g/mol. The highest BCUT2D eigenvalue weighted by Gasteiger charge is 2.34. The lowest BCUT2D eigenvalue weighted by molar-refractivity contribution is -0.131. The first-order valence-electron chi connectivity index (χ1n) is 9.52. The van der Waals surface area contributed by atoms with Gasteiger partial charge in [-0.25, -0.2) is 13.1 Å². The summed E-state index contributed by atoms with van der Waals surface area (Å²) in [5.41, 5.74) is 2.56. The summed E-state index contributed by atoms with van der Waals surface area (Å²) in [5, 5.41) is 12.6. The van der Waals surface area contributed by atoms with Gasteiger partial charge < -0.3 is 15.2 Å². The number of benzene rings is 1. The van der Waals surface area contributed by atoms with Crippen molar-refractivity contribution in [2.24, 2.45) is 0 Å². The fraction of sp³-hybridized carbons (Fsp3) is 0.632. The molecule has 1 amide bonds. The predicted molar refractivity (Wildman–Crippen MR) is 102 cm³/mol. The quantitative estimate of drug-likeness (QED) is 0.623. The SMILES string of the molecule is CCS(=O)(=O)N[C@@H]1CC[C@H](CC(=O)NC2Cc3ccccc3C2)O[C@H]1CO. The molecule has 1 saturated heterocycles. The molecule has 0 unspecified atom stereocenters. The first kappa shape index (κ1) is 20.3. The molecule has 2 aliphatic rings. The van der Waals surface area contributed by atoms with Crippen LogP contribution in [0.3, 0.4) is 0 Å². The van der Waals surface area contributed by atoms with Crippen molar-refractivity contribution in [2.45, 2.75) is 63.3 Å². The van der Waals surface area contributed by atoms with E-state index in [1.54, 1.807) is 6.92 Å². The molecule has 3 N–H and O–H groups in total. The number of carbonyl (C=O) groups excluding carboxylic acids is 1. The lowest BCUT2D eigenvalue weighted by atomic mass is 9.97. The zero-order chi connectivity index (χ0) is 19.4. The Morgan fingerprint density at radius 1 is 1.22 bits per heavy atom. The number of amides is 1. The number of aliphatic hydroxyl groups is 1. The Balaban J connectivity index is 1.48. The maximum absolute atomic E-state index is 12.4. The van der Waals surface area contributed by atoms with Crippen LogP contribution in [0.1, 0.15) is 37.3 Å². The summed E-state index contributed by atoms with van der Waals surface area (Å²) in [5.74, 6) is -0.0841. The molecule has 3 rings (SSSR count). The van der Waals surface area contributed by atoms with E-state index in [1.165, 1.54) is 11.1 Å². The maximum Gasteiger partial charge on any atom is 0.222 e. The van der Waals surface area contributed by atoms with Gasteiger partial charge >= 0.3 is 0 Å². The van der Waals surface area contributed by atoms with Crippen LogP contribution in [0.5, 0.6) is 0 Å². The van der Waals surface area contributed by atoms with E-state index >= 15 is 0 Å². The number of ether oxygens (including phenoxy) is 1. The Morgan fingerprint density at radius 2 is 1.89 bits per heavy atom. The monoisotopic (exact) mass is 396 g/mol. The molecule has 1 heterocycles. The van der Waals surface area contributed by atoms with Crippen molar-refractivity contribution in [3.8, 4) is 0 Å². The summed E-state index contributed by atoms with van der Waals surface area (Å²) in [6, 6.07) is 7.86. The average Bonchev–Trinajstić information content (AvgIpc) is 3.04. The third-order valence-corrected chi connectivity index (χ3v) is 6.76. The first-order valence-corrected chi connectivity index (χ1v) is 11.2. The van der Waals surface area contributed by atoms with Crippen LogP contribution in [0, 0.1) is 0 Å². The minimum absolute atomic E-state index is 0.0166. The lowest BCUT2D eigenvalue weighted by Crippen LogP contribution is -2.52. The van der Waals surface area contributed by atoms with Gasteiger partial charge in [0.1, 0.15) is 0 Å². The molecule has 3 atom stereocenters. The number of aliphatic hydroxyl groups excluding tert-OH is 1. The van der Waals surface area contributed by atoms with Crippen LogP contribution in [0.15, 0.2) is 24.3 Å². The van der Waals surface area contributed by atoms with Gasteiger partial charge in [-0.2, -0.15) is 0 Å². The van der Waals surface area contributed by atoms with Gasteiger partial charge in [-0.3, -0.25) is 4.79 Å². The minimum Gasteiger partial charge on any atom is -0.394 e. The van der Waals surface area contributed by atoms with Crippen LogP contribution in [-0.4, -0.2) is 56.1 Å². The molecule has 150 valence electrons. The van der Waals surface area contributed by atoms with Crippen LogP contribution in [0.4, 0.5) is 0 Å². The molecule has 0 spiro atoms. The number of hydrogen-bond acceptors (Lipinski definition) is 5. The zero-order valence-electron chi connectivity index (χ0n) is 15.6. The summed E-state index contributed by atoms with van der Waals surface area (Å²) in [6.45, 7) is 1.28. The molecule has 0 bridgehead atoms. The van der Waals surface area contributed by atoms with E-state index in [0.29, 0.717) is 12.8 Å². The second-order valence-corrected chi connectivity index (χ2v) is 9.37. The summed E-state index contributed by atoms with van der Waals surface area (Å²) >= 11 is 0. The van der Waals surface area contributed by atoms with Gasteiger partial charge in [0.25, 0.3) is 0 Å².